The lowest BCUT2D eigenvalue weighted by Crippen LogP contribution is -2.27. The number of benzene rings is 1. The number of nitrogens with one attached hydrogen (secondary N) is 2. The van der Waals surface area contributed by atoms with Crippen molar-refractivity contribution in [3.05, 3.63) is 29.5 Å². The van der Waals surface area contributed by atoms with Gasteiger partial charge in [0.25, 0.3) is 5.91 Å². The third-order valence-corrected chi connectivity index (χ3v) is 3.46. The van der Waals surface area contributed by atoms with E-state index in [9.17, 15) is 14.7 Å². The van der Waals surface area contributed by atoms with Crippen LogP contribution in [0, 0.1) is 0 Å². The van der Waals surface area contributed by atoms with Gasteiger partial charge < -0.3 is 31.4 Å². The van der Waals surface area contributed by atoms with Crippen LogP contribution >= 0.6 is 0 Å². The molecule has 0 saturated heterocycles. The molecule has 8 nitrogen and oxygen atoms in total. The van der Waals surface area contributed by atoms with Gasteiger partial charge in [-0.15, -0.1) is 0 Å². The lowest BCUT2D eigenvalue weighted by molar-refractivity contribution is -0.121. The molecule has 0 bridgehead atoms. The van der Waals surface area contributed by atoms with Crippen LogP contribution in [0.15, 0.2) is 18.2 Å². The first-order valence-electron chi connectivity index (χ1n) is 7.14. The summed E-state index contributed by atoms with van der Waals surface area (Å²) in [6.07, 6.45) is -1.06. The standard InChI is InChI=1S/C15H19N3O5/c16-15(23)14-9(2-4-12(20)17-6-5-13(21)22)10-7-8(19)1-3-11(10)18-14/h1,3,7,13,18-19,21-22H,2,4-6H2,(H2,16,23)(H,17,20). The molecule has 1 heterocycles. The Kier molecular flexibility index (Phi) is 5.20. The van der Waals surface area contributed by atoms with E-state index in [0.29, 0.717) is 16.5 Å². The predicted octanol–water partition coefficient (Wildman–Crippen LogP) is -0.278. The number of H-pyrrole nitrogens is 1. The predicted molar refractivity (Wildman–Crippen MR) is 82.7 cm³/mol. The number of rotatable bonds is 7. The number of aliphatic hydroxyl groups is 2. The van der Waals surface area contributed by atoms with Gasteiger partial charge in [0.1, 0.15) is 11.4 Å². The maximum Gasteiger partial charge on any atom is 0.265 e. The number of hydrogen-bond acceptors (Lipinski definition) is 5. The van der Waals surface area contributed by atoms with E-state index in [0.717, 1.165) is 0 Å². The molecule has 0 saturated carbocycles. The summed E-state index contributed by atoms with van der Waals surface area (Å²) >= 11 is 0. The monoisotopic (exact) mass is 321 g/mol. The van der Waals surface area contributed by atoms with E-state index in [1.54, 1.807) is 6.07 Å². The second kappa shape index (κ2) is 7.12. The Morgan fingerprint density at radius 3 is 2.70 bits per heavy atom. The minimum Gasteiger partial charge on any atom is -0.508 e. The van der Waals surface area contributed by atoms with E-state index in [2.05, 4.69) is 10.3 Å². The number of amides is 2. The number of aryl methyl sites for hydroxylation is 1. The largest absolute Gasteiger partial charge is 0.508 e. The Bertz CT molecular complexity index is 723. The van der Waals surface area contributed by atoms with Crippen molar-refractivity contribution in [1.29, 1.82) is 0 Å². The molecule has 0 atom stereocenters. The fourth-order valence-corrected chi connectivity index (χ4v) is 2.37. The topological polar surface area (TPSA) is 149 Å². The summed E-state index contributed by atoms with van der Waals surface area (Å²) in [6, 6.07) is 4.62. The summed E-state index contributed by atoms with van der Waals surface area (Å²) in [7, 11) is 0. The van der Waals surface area contributed by atoms with Crippen molar-refractivity contribution in [3.8, 4) is 5.75 Å². The number of hydrogen-bond donors (Lipinski definition) is 6. The highest BCUT2D eigenvalue weighted by molar-refractivity contribution is 6.00. The minimum absolute atomic E-state index is 0.0409. The van der Waals surface area contributed by atoms with Gasteiger partial charge in [0.05, 0.1) is 0 Å². The van der Waals surface area contributed by atoms with Crippen molar-refractivity contribution in [2.24, 2.45) is 5.73 Å². The Balaban J connectivity index is 2.12. The number of carbonyl (C=O) groups is 2. The smallest absolute Gasteiger partial charge is 0.265 e. The van der Waals surface area contributed by atoms with Crippen LogP contribution in [-0.4, -0.2) is 45.0 Å². The van der Waals surface area contributed by atoms with Crippen LogP contribution in [0.1, 0.15) is 28.9 Å². The van der Waals surface area contributed by atoms with E-state index in [4.69, 9.17) is 15.9 Å². The van der Waals surface area contributed by atoms with E-state index in [1.165, 1.54) is 12.1 Å². The molecule has 23 heavy (non-hydrogen) atoms. The van der Waals surface area contributed by atoms with Crippen molar-refractivity contribution in [2.75, 3.05) is 6.54 Å². The van der Waals surface area contributed by atoms with Crippen molar-refractivity contribution in [2.45, 2.75) is 25.6 Å². The number of primary amides is 1. The third-order valence-electron chi connectivity index (χ3n) is 3.46. The van der Waals surface area contributed by atoms with Gasteiger partial charge in [-0.3, -0.25) is 9.59 Å². The first kappa shape index (κ1) is 16.8. The quantitative estimate of drug-likeness (QED) is 0.388. The molecule has 0 radical (unpaired) electrons. The summed E-state index contributed by atoms with van der Waals surface area (Å²) in [5, 5.41) is 30.2. The summed E-state index contributed by atoms with van der Waals surface area (Å²) in [5.74, 6) is -0.870. The van der Waals surface area contributed by atoms with Crippen molar-refractivity contribution in [3.63, 3.8) is 0 Å². The zero-order chi connectivity index (χ0) is 17.0. The van der Waals surface area contributed by atoms with Gasteiger partial charge in [-0.25, -0.2) is 0 Å². The van der Waals surface area contributed by atoms with Crippen molar-refractivity contribution >= 4 is 22.7 Å². The molecule has 0 aliphatic heterocycles. The zero-order valence-corrected chi connectivity index (χ0v) is 12.4. The zero-order valence-electron chi connectivity index (χ0n) is 12.4. The van der Waals surface area contributed by atoms with Crippen LogP contribution in [0.25, 0.3) is 10.9 Å². The summed E-state index contributed by atoms with van der Waals surface area (Å²) in [4.78, 5) is 26.2. The maximum absolute atomic E-state index is 11.8. The van der Waals surface area contributed by atoms with Gasteiger partial charge in [-0.2, -0.15) is 0 Å². The lowest BCUT2D eigenvalue weighted by atomic mass is 10.0. The van der Waals surface area contributed by atoms with E-state index in [1.807, 2.05) is 0 Å². The Labute approximate surface area is 131 Å². The van der Waals surface area contributed by atoms with Crippen molar-refractivity contribution in [1.82, 2.24) is 10.3 Å². The SMILES string of the molecule is NC(=O)c1[nH]c2ccc(O)cc2c1CCC(=O)NCCC(O)O. The molecule has 8 heteroatoms. The minimum atomic E-state index is -1.46. The lowest BCUT2D eigenvalue weighted by Gasteiger charge is -2.07. The van der Waals surface area contributed by atoms with Crippen LogP contribution in [0.3, 0.4) is 0 Å². The molecule has 2 amide bonds. The van der Waals surface area contributed by atoms with Gasteiger partial charge in [-0.1, -0.05) is 0 Å². The molecule has 124 valence electrons. The number of aromatic amines is 1. The molecular weight excluding hydrogens is 302 g/mol. The molecule has 0 unspecified atom stereocenters. The number of phenols is 1. The van der Waals surface area contributed by atoms with Gasteiger partial charge in [0.15, 0.2) is 6.29 Å². The Hall–Kier alpha value is -2.58. The molecule has 1 aromatic heterocycles. The van der Waals surface area contributed by atoms with Gasteiger partial charge in [0.2, 0.25) is 5.91 Å². The second-order valence-corrected chi connectivity index (χ2v) is 5.19. The molecule has 0 aliphatic carbocycles. The third kappa shape index (κ3) is 4.21. The van der Waals surface area contributed by atoms with Crippen LogP contribution in [0.4, 0.5) is 0 Å². The van der Waals surface area contributed by atoms with E-state index >= 15 is 0 Å². The number of fused-ring (bicyclic) bond motifs is 1. The fourth-order valence-electron chi connectivity index (χ4n) is 2.37. The van der Waals surface area contributed by atoms with E-state index in [-0.39, 0.29) is 43.2 Å². The number of nitrogens with two attached hydrogens (primary N) is 1. The number of phenolic OH excluding ortho intramolecular Hbond substituents is 1. The highest BCUT2D eigenvalue weighted by Crippen LogP contribution is 2.27. The summed E-state index contributed by atoms with van der Waals surface area (Å²) in [5.41, 5.74) is 6.78. The van der Waals surface area contributed by atoms with Crippen LogP contribution < -0.4 is 11.1 Å². The number of aliphatic hydroxyl groups excluding tert-OH is 1. The second-order valence-electron chi connectivity index (χ2n) is 5.19. The number of aromatic nitrogens is 1. The molecule has 2 aromatic rings. The normalized spacial score (nSPS) is 11.1. The van der Waals surface area contributed by atoms with E-state index < -0.39 is 12.2 Å². The average Bonchev–Trinajstić information content (AvgIpc) is 2.82. The summed E-state index contributed by atoms with van der Waals surface area (Å²) in [6.45, 7) is 0.147. The van der Waals surface area contributed by atoms with Gasteiger partial charge >= 0.3 is 0 Å². The number of carbonyl (C=O) groups excluding carboxylic acids is 2. The molecular formula is C15H19N3O5. The molecule has 0 aliphatic rings. The fraction of sp³-hybridized carbons (Fsp3) is 0.333. The highest BCUT2D eigenvalue weighted by Gasteiger charge is 2.17. The molecule has 7 N–H and O–H groups in total. The Morgan fingerprint density at radius 2 is 2.04 bits per heavy atom. The van der Waals surface area contributed by atoms with Crippen molar-refractivity contribution < 1.29 is 24.9 Å². The average molecular weight is 321 g/mol. The molecule has 1 aromatic carbocycles. The molecule has 0 spiro atoms. The highest BCUT2D eigenvalue weighted by atomic mass is 16.5. The van der Waals surface area contributed by atoms with Gasteiger partial charge in [0, 0.05) is 30.3 Å². The Morgan fingerprint density at radius 1 is 1.30 bits per heavy atom. The summed E-state index contributed by atoms with van der Waals surface area (Å²) < 4.78 is 0. The molecule has 0 fully saturated rings. The van der Waals surface area contributed by atoms with Crippen LogP contribution in [0.2, 0.25) is 0 Å². The number of aromatic hydroxyl groups is 1. The van der Waals surface area contributed by atoms with Crippen LogP contribution in [-0.2, 0) is 11.2 Å². The van der Waals surface area contributed by atoms with Gasteiger partial charge in [-0.05, 0) is 30.2 Å². The molecule has 2 rings (SSSR count). The first-order chi connectivity index (χ1) is 10.9. The van der Waals surface area contributed by atoms with Crippen LogP contribution in [0.5, 0.6) is 5.75 Å². The first-order valence-corrected chi connectivity index (χ1v) is 7.14. The maximum atomic E-state index is 11.8.